The number of nitrogens with zero attached hydrogens (tertiary/aromatic N) is 1. The van der Waals surface area contributed by atoms with Crippen LogP contribution >= 0.6 is 0 Å². The lowest BCUT2D eigenvalue weighted by atomic mass is 10.1. The van der Waals surface area contributed by atoms with Crippen molar-refractivity contribution >= 4 is 23.3 Å². The van der Waals surface area contributed by atoms with Gasteiger partial charge < -0.3 is 9.15 Å². The number of ether oxygens (including phenoxy) is 1. The van der Waals surface area contributed by atoms with E-state index < -0.39 is 0 Å². The molecule has 4 aromatic rings. The third-order valence-corrected chi connectivity index (χ3v) is 4.00. The molecule has 0 aliphatic rings. The summed E-state index contributed by atoms with van der Waals surface area (Å²) in [5.74, 6) is 1.38. The van der Waals surface area contributed by atoms with Crippen LogP contribution in [0.3, 0.4) is 0 Å². The maximum absolute atomic E-state index is 5.88. The summed E-state index contributed by atoms with van der Waals surface area (Å²) in [7, 11) is 1.65. The molecule has 3 nitrogen and oxygen atoms in total. The molecule has 0 bridgehead atoms. The number of aromatic nitrogens is 1. The second-order valence-corrected chi connectivity index (χ2v) is 5.72. The average Bonchev–Trinajstić information content (AvgIpc) is 3.10. The maximum atomic E-state index is 5.88. The quantitative estimate of drug-likeness (QED) is 0.453. The van der Waals surface area contributed by atoms with Crippen molar-refractivity contribution in [2.75, 3.05) is 7.11 Å². The van der Waals surface area contributed by atoms with Crippen molar-refractivity contribution in [3.63, 3.8) is 0 Å². The predicted molar refractivity (Wildman–Crippen MR) is 101 cm³/mol. The van der Waals surface area contributed by atoms with Crippen LogP contribution in [0.25, 0.3) is 34.7 Å². The number of methoxy groups -OCH3 is 1. The molecule has 3 heteroatoms. The zero-order valence-electron chi connectivity index (χ0n) is 13.8. The summed E-state index contributed by atoms with van der Waals surface area (Å²) in [5.41, 5.74) is 4.77. The van der Waals surface area contributed by atoms with E-state index in [4.69, 9.17) is 9.15 Å². The summed E-state index contributed by atoms with van der Waals surface area (Å²) >= 11 is 0. The summed E-state index contributed by atoms with van der Waals surface area (Å²) in [4.78, 5) is 4.62. The fourth-order valence-corrected chi connectivity index (χ4v) is 2.68. The van der Waals surface area contributed by atoms with Gasteiger partial charge in [0.15, 0.2) is 5.58 Å². The van der Waals surface area contributed by atoms with Gasteiger partial charge in [0.25, 0.3) is 0 Å². The SMILES string of the molecule is COc1cccc(-c2nc3cc(/C=C/c4ccccc4)ccc3o2)c1. The topological polar surface area (TPSA) is 35.3 Å². The van der Waals surface area contributed by atoms with E-state index >= 15 is 0 Å². The number of hydrogen-bond acceptors (Lipinski definition) is 3. The largest absolute Gasteiger partial charge is 0.497 e. The highest BCUT2D eigenvalue weighted by atomic mass is 16.5. The van der Waals surface area contributed by atoms with Gasteiger partial charge in [0.05, 0.1) is 7.11 Å². The van der Waals surface area contributed by atoms with E-state index in [0.717, 1.165) is 28.0 Å². The molecule has 1 aromatic heterocycles. The Labute approximate surface area is 146 Å². The fraction of sp³-hybridized carbons (Fsp3) is 0.0455. The normalized spacial score (nSPS) is 11.2. The molecule has 0 amide bonds. The van der Waals surface area contributed by atoms with Crippen LogP contribution in [-0.2, 0) is 0 Å². The molecule has 1 heterocycles. The fourth-order valence-electron chi connectivity index (χ4n) is 2.68. The Morgan fingerprint density at radius 3 is 2.52 bits per heavy atom. The van der Waals surface area contributed by atoms with Gasteiger partial charge in [-0.25, -0.2) is 4.98 Å². The van der Waals surface area contributed by atoms with E-state index in [2.05, 4.69) is 29.3 Å². The Morgan fingerprint density at radius 1 is 0.840 bits per heavy atom. The molecule has 0 aliphatic carbocycles. The van der Waals surface area contributed by atoms with Gasteiger partial charge in [-0.3, -0.25) is 0 Å². The first-order valence-corrected chi connectivity index (χ1v) is 8.10. The Hall–Kier alpha value is -3.33. The summed E-state index contributed by atoms with van der Waals surface area (Å²) in [5, 5.41) is 0. The minimum atomic E-state index is 0.595. The lowest BCUT2D eigenvalue weighted by Gasteiger charge is -2.00. The van der Waals surface area contributed by atoms with Crippen molar-refractivity contribution in [3.05, 3.63) is 83.9 Å². The van der Waals surface area contributed by atoms with Crippen molar-refractivity contribution in [1.82, 2.24) is 4.98 Å². The van der Waals surface area contributed by atoms with E-state index in [1.54, 1.807) is 7.11 Å². The van der Waals surface area contributed by atoms with Crippen LogP contribution < -0.4 is 4.74 Å². The Balaban J connectivity index is 1.66. The monoisotopic (exact) mass is 327 g/mol. The number of fused-ring (bicyclic) bond motifs is 1. The van der Waals surface area contributed by atoms with Gasteiger partial charge in [-0.2, -0.15) is 0 Å². The molecule has 0 spiro atoms. The lowest BCUT2D eigenvalue weighted by Crippen LogP contribution is -1.83. The first-order chi connectivity index (χ1) is 12.3. The molecular formula is C22H17NO2. The molecular weight excluding hydrogens is 310 g/mol. The van der Waals surface area contributed by atoms with Gasteiger partial charge in [0.2, 0.25) is 5.89 Å². The van der Waals surface area contributed by atoms with Crippen molar-refractivity contribution in [3.8, 4) is 17.2 Å². The van der Waals surface area contributed by atoms with Gasteiger partial charge in [-0.05, 0) is 41.5 Å². The Bertz CT molecular complexity index is 1030. The molecule has 0 fully saturated rings. The van der Waals surface area contributed by atoms with Crippen molar-refractivity contribution < 1.29 is 9.15 Å². The van der Waals surface area contributed by atoms with E-state index in [0.29, 0.717) is 5.89 Å². The zero-order valence-corrected chi connectivity index (χ0v) is 13.8. The van der Waals surface area contributed by atoms with E-state index in [1.165, 1.54) is 5.56 Å². The molecule has 0 atom stereocenters. The van der Waals surface area contributed by atoms with Crippen LogP contribution in [-0.4, -0.2) is 12.1 Å². The van der Waals surface area contributed by atoms with E-state index in [-0.39, 0.29) is 0 Å². The van der Waals surface area contributed by atoms with Gasteiger partial charge in [0, 0.05) is 5.56 Å². The molecule has 122 valence electrons. The first kappa shape index (κ1) is 15.2. The minimum absolute atomic E-state index is 0.595. The lowest BCUT2D eigenvalue weighted by molar-refractivity contribution is 0.415. The highest BCUT2D eigenvalue weighted by Gasteiger charge is 2.09. The molecule has 0 saturated carbocycles. The second-order valence-electron chi connectivity index (χ2n) is 5.72. The second kappa shape index (κ2) is 6.65. The highest BCUT2D eigenvalue weighted by Crippen LogP contribution is 2.27. The molecule has 0 saturated heterocycles. The first-order valence-electron chi connectivity index (χ1n) is 8.10. The standard InChI is InChI=1S/C22H17NO2/c1-24-19-9-5-8-18(15-19)22-23-20-14-17(12-13-21(20)25-22)11-10-16-6-3-2-4-7-16/h2-15H,1H3/b11-10+. The molecule has 0 radical (unpaired) electrons. The summed E-state index contributed by atoms with van der Waals surface area (Å²) in [6, 6.07) is 23.9. The summed E-state index contributed by atoms with van der Waals surface area (Å²) < 4.78 is 11.1. The van der Waals surface area contributed by atoms with Crippen LogP contribution in [0.5, 0.6) is 5.75 Å². The van der Waals surface area contributed by atoms with Crippen LogP contribution in [0.1, 0.15) is 11.1 Å². The van der Waals surface area contributed by atoms with Crippen LogP contribution in [0.15, 0.2) is 77.2 Å². The molecule has 0 aliphatic heterocycles. The smallest absolute Gasteiger partial charge is 0.227 e. The molecule has 3 aromatic carbocycles. The van der Waals surface area contributed by atoms with Gasteiger partial charge in [-0.15, -0.1) is 0 Å². The predicted octanol–water partition coefficient (Wildman–Crippen LogP) is 5.67. The van der Waals surface area contributed by atoms with Crippen LogP contribution in [0.4, 0.5) is 0 Å². The maximum Gasteiger partial charge on any atom is 0.227 e. The average molecular weight is 327 g/mol. The highest BCUT2D eigenvalue weighted by molar-refractivity contribution is 5.81. The van der Waals surface area contributed by atoms with Crippen LogP contribution in [0.2, 0.25) is 0 Å². The van der Waals surface area contributed by atoms with E-state index in [1.807, 2.05) is 60.7 Å². The van der Waals surface area contributed by atoms with Crippen molar-refractivity contribution in [2.45, 2.75) is 0 Å². The third-order valence-electron chi connectivity index (χ3n) is 4.00. The van der Waals surface area contributed by atoms with Crippen molar-refractivity contribution in [2.24, 2.45) is 0 Å². The van der Waals surface area contributed by atoms with Crippen molar-refractivity contribution in [1.29, 1.82) is 0 Å². The number of hydrogen-bond donors (Lipinski definition) is 0. The molecule has 4 rings (SSSR count). The van der Waals surface area contributed by atoms with E-state index in [9.17, 15) is 0 Å². The van der Waals surface area contributed by atoms with Gasteiger partial charge in [0.1, 0.15) is 11.3 Å². The van der Waals surface area contributed by atoms with Gasteiger partial charge >= 0.3 is 0 Å². The third kappa shape index (κ3) is 3.31. The molecule has 25 heavy (non-hydrogen) atoms. The number of rotatable bonds is 4. The molecule has 0 N–H and O–H groups in total. The summed E-state index contributed by atoms with van der Waals surface area (Å²) in [6.45, 7) is 0. The van der Waals surface area contributed by atoms with Gasteiger partial charge in [-0.1, -0.05) is 54.6 Å². The summed E-state index contributed by atoms with van der Waals surface area (Å²) in [6.07, 6.45) is 4.17. The number of benzene rings is 3. The molecule has 0 unspecified atom stereocenters. The zero-order chi connectivity index (χ0) is 17.1. The Kier molecular flexibility index (Phi) is 4.05. The Morgan fingerprint density at radius 2 is 1.68 bits per heavy atom. The minimum Gasteiger partial charge on any atom is -0.497 e. The van der Waals surface area contributed by atoms with Crippen LogP contribution in [0, 0.1) is 0 Å². The number of oxazole rings is 1.